The summed E-state index contributed by atoms with van der Waals surface area (Å²) in [6.45, 7) is 13.6. The van der Waals surface area contributed by atoms with Crippen molar-refractivity contribution in [2.24, 2.45) is 23.7 Å². The van der Waals surface area contributed by atoms with Gasteiger partial charge in [0.15, 0.2) is 5.75 Å². The van der Waals surface area contributed by atoms with Gasteiger partial charge in [-0.15, -0.1) is 0 Å². The average molecular weight is 783 g/mol. The average Bonchev–Trinajstić information content (AvgIpc) is 3.43. The second kappa shape index (κ2) is 16.7. The van der Waals surface area contributed by atoms with Crippen LogP contribution in [0.2, 0.25) is 0 Å². The van der Waals surface area contributed by atoms with Crippen molar-refractivity contribution in [2.75, 3.05) is 43.6 Å². The number of anilines is 2. The number of hydrogen-bond acceptors (Lipinski definition) is 14. The number of phenols is 3. The van der Waals surface area contributed by atoms with Crippen LogP contribution in [0.25, 0.3) is 10.8 Å². The van der Waals surface area contributed by atoms with Crippen molar-refractivity contribution in [3.63, 3.8) is 0 Å². The molecule has 9 atom stereocenters. The summed E-state index contributed by atoms with van der Waals surface area (Å²) in [6.07, 6.45) is 3.63. The third-order valence-corrected chi connectivity index (χ3v) is 11.3. The van der Waals surface area contributed by atoms with Crippen LogP contribution in [0.15, 0.2) is 36.1 Å². The molecule has 1 saturated heterocycles. The van der Waals surface area contributed by atoms with E-state index in [-0.39, 0.29) is 70.9 Å². The zero-order valence-corrected chi connectivity index (χ0v) is 33.3. The van der Waals surface area contributed by atoms with Gasteiger partial charge >= 0.3 is 11.8 Å². The molecule has 4 aliphatic rings. The van der Waals surface area contributed by atoms with Crippen LogP contribution in [-0.2, 0) is 28.5 Å². The molecule has 0 aromatic heterocycles. The number of nitrogens with one attached hydrogen (secondary N) is 1. The van der Waals surface area contributed by atoms with E-state index in [9.17, 15) is 39.9 Å². The summed E-state index contributed by atoms with van der Waals surface area (Å²) in [6, 6.07) is 0. The monoisotopic (exact) mass is 782 g/mol. The second-order valence-electron chi connectivity index (χ2n) is 15.2. The fraction of sp³-hybridized carbons (Fsp3) is 0.537. The fourth-order valence-electron chi connectivity index (χ4n) is 7.80. The number of aromatic hydroxyl groups is 3. The highest BCUT2D eigenvalue weighted by atomic mass is 16.7. The number of Topliss-reactive ketones (excluding diaryl/α,β-unsaturated/α-hetero) is 1. The van der Waals surface area contributed by atoms with Gasteiger partial charge in [0, 0.05) is 74.2 Å². The lowest BCUT2D eigenvalue weighted by atomic mass is 9.78. The number of carbonyl (C=O) groups is 3. The molecule has 1 fully saturated rings. The van der Waals surface area contributed by atoms with Crippen LogP contribution in [0.3, 0.4) is 0 Å². The molecule has 15 heteroatoms. The summed E-state index contributed by atoms with van der Waals surface area (Å²) in [5.41, 5.74) is -0.0724. The molecular weight excluding hydrogens is 728 g/mol. The maximum atomic E-state index is 14.4. The first-order valence-electron chi connectivity index (χ1n) is 18.8. The molecule has 1 amide bonds. The molecule has 2 aromatic carbocycles. The van der Waals surface area contributed by atoms with Crippen LogP contribution in [0.5, 0.6) is 23.0 Å². The van der Waals surface area contributed by atoms with Gasteiger partial charge in [0.05, 0.1) is 48.7 Å². The zero-order chi connectivity index (χ0) is 41.4. The minimum Gasteiger partial charge on any atom is -0.507 e. The lowest BCUT2D eigenvalue weighted by molar-refractivity contribution is -0.160. The number of aliphatic hydroxyl groups is 2. The third-order valence-electron chi connectivity index (χ3n) is 11.3. The molecule has 56 heavy (non-hydrogen) atoms. The van der Waals surface area contributed by atoms with E-state index in [2.05, 4.69) is 5.32 Å². The molecule has 0 aliphatic carbocycles. The lowest BCUT2D eigenvalue weighted by Gasteiger charge is -2.38. The molecule has 2 aromatic rings. The smallest absolute Gasteiger partial charge is 0.312 e. The van der Waals surface area contributed by atoms with Gasteiger partial charge in [-0.05, 0) is 19.9 Å². The predicted octanol–water partition coefficient (Wildman–Crippen LogP) is 4.59. The molecule has 0 spiro atoms. The van der Waals surface area contributed by atoms with E-state index in [4.69, 9.17) is 23.7 Å². The highest BCUT2D eigenvalue weighted by molar-refractivity contribution is 6.23. The Bertz CT molecular complexity index is 1950. The maximum absolute atomic E-state index is 14.4. The molecule has 0 saturated carbocycles. The summed E-state index contributed by atoms with van der Waals surface area (Å²) < 4.78 is 29.1. The molecule has 5 bridgehead atoms. The summed E-state index contributed by atoms with van der Waals surface area (Å²) in [4.78, 5) is 42.1. The van der Waals surface area contributed by atoms with Crippen molar-refractivity contribution >= 4 is 39.8 Å². The van der Waals surface area contributed by atoms with E-state index in [0.29, 0.717) is 0 Å². The van der Waals surface area contributed by atoms with Crippen molar-refractivity contribution in [3.05, 3.63) is 47.3 Å². The Labute approximate surface area is 326 Å². The van der Waals surface area contributed by atoms with Gasteiger partial charge in [0.25, 0.3) is 11.7 Å². The number of ether oxygens (including phenoxy) is 5. The van der Waals surface area contributed by atoms with Crippen molar-refractivity contribution in [2.45, 2.75) is 85.6 Å². The standard InChI is InChI=1S/C41H54N2O13/c1-19-11-10-12-20(2)40(51)42-30-31(43-14-17-53-18-15-43)36(49)27-28(35(30)48)34(47)24(6)38-29(27)39(50)41(8,56-38)54-16-13-26(52-9)21(3)37(55-25(7)44)23(5)33(46)22(4)32(19)45/h10-13,16,19,21-23,26,32-33,37,45-49H,14-15,17-18H2,1-9H3,(H,42,51)/b11-10+,16-13+,20-12-. The van der Waals surface area contributed by atoms with Crippen LogP contribution >= 0.6 is 0 Å². The first-order chi connectivity index (χ1) is 26.4. The highest BCUT2D eigenvalue weighted by Crippen LogP contribution is 2.57. The SMILES string of the molecule is COC1/C=C/OC2(C)Oc3c(C)c(O)c4c(O)c(c(N5CCOCC5)c(O)c4c3C2=O)NC(=O)/C(C)=C\C=C\C(C)C(O)C(C)C(O)C(C)C(OC(C)=O)C1C. The van der Waals surface area contributed by atoms with Crippen LogP contribution in [0.1, 0.15) is 64.4 Å². The molecule has 0 radical (unpaired) electrons. The number of fused-ring (bicyclic) bond motifs is 14. The molecular formula is C41H54N2O13. The van der Waals surface area contributed by atoms with Gasteiger partial charge in [-0.3, -0.25) is 14.4 Å². The number of carbonyl (C=O) groups excluding carboxylic acids is 3. The number of amides is 1. The van der Waals surface area contributed by atoms with Crippen molar-refractivity contribution in [3.8, 4) is 23.0 Å². The summed E-state index contributed by atoms with van der Waals surface area (Å²) >= 11 is 0. The van der Waals surface area contributed by atoms with Crippen molar-refractivity contribution in [1.29, 1.82) is 0 Å². The molecule has 306 valence electrons. The number of allylic oxidation sites excluding steroid dienone is 2. The number of hydrogen-bond donors (Lipinski definition) is 6. The number of rotatable bonds is 3. The lowest BCUT2D eigenvalue weighted by Crippen LogP contribution is -2.46. The number of benzene rings is 2. The van der Waals surface area contributed by atoms with Crippen LogP contribution in [-0.4, -0.2) is 107 Å². The van der Waals surface area contributed by atoms with E-state index >= 15 is 0 Å². The van der Waals surface area contributed by atoms with Gasteiger partial charge in [-0.2, -0.15) is 0 Å². The van der Waals surface area contributed by atoms with Gasteiger partial charge in [0.1, 0.15) is 34.7 Å². The van der Waals surface area contributed by atoms with Crippen LogP contribution < -0.4 is 15.0 Å². The van der Waals surface area contributed by atoms with E-state index in [1.54, 1.807) is 44.7 Å². The Hall–Kier alpha value is -4.83. The molecule has 4 heterocycles. The first-order valence-corrected chi connectivity index (χ1v) is 18.8. The minimum absolute atomic E-state index is 0.00916. The van der Waals surface area contributed by atoms with E-state index < -0.39 is 88.8 Å². The van der Waals surface area contributed by atoms with Crippen molar-refractivity contribution in [1.82, 2.24) is 0 Å². The first kappa shape index (κ1) is 42.3. The molecule has 6 N–H and O–H groups in total. The molecule has 4 aliphatic heterocycles. The largest absolute Gasteiger partial charge is 0.507 e. The number of aliphatic hydroxyl groups excluding tert-OH is 2. The van der Waals surface area contributed by atoms with E-state index in [0.717, 1.165) is 0 Å². The predicted molar refractivity (Wildman–Crippen MR) is 207 cm³/mol. The number of esters is 1. The number of ketones is 1. The van der Waals surface area contributed by atoms with Gasteiger partial charge < -0.3 is 59.4 Å². The Morgan fingerprint density at radius 2 is 1.59 bits per heavy atom. The van der Waals surface area contributed by atoms with Crippen LogP contribution in [0, 0.1) is 30.6 Å². The Morgan fingerprint density at radius 1 is 0.929 bits per heavy atom. The fourth-order valence-corrected chi connectivity index (χ4v) is 7.80. The van der Waals surface area contributed by atoms with Crippen molar-refractivity contribution < 1.29 is 63.6 Å². The number of morpholine rings is 1. The summed E-state index contributed by atoms with van der Waals surface area (Å²) in [5.74, 6) is -8.09. The van der Waals surface area contributed by atoms with Gasteiger partial charge in [-0.25, -0.2) is 0 Å². The molecule has 6 rings (SSSR count). The molecule has 9 unspecified atom stereocenters. The molecule has 15 nitrogen and oxygen atoms in total. The van der Waals surface area contributed by atoms with Crippen LogP contribution in [0.4, 0.5) is 11.4 Å². The zero-order valence-electron chi connectivity index (χ0n) is 33.3. The van der Waals surface area contributed by atoms with Gasteiger partial charge in [-0.1, -0.05) is 45.9 Å². The minimum atomic E-state index is -2.02. The highest BCUT2D eigenvalue weighted by Gasteiger charge is 2.50. The Balaban J connectivity index is 1.71. The van der Waals surface area contributed by atoms with E-state index in [1.807, 2.05) is 0 Å². The summed E-state index contributed by atoms with van der Waals surface area (Å²) in [5, 5.41) is 60.5. The topological polar surface area (TPSA) is 214 Å². The third kappa shape index (κ3) is 7.77. The number of nitrogens with zero attached hydrogens (tertiary/aromatic N) is 1. The maximum Gasteiger partial charge on any atom is 0.312 e. The quantitative estimate of drug-likeness (QED) is 0.143. The second-order valence-corrected chi connectivity index (χ2v) is 15.2. The number of methoxy groups -OCH3 is 1. The summed E-state index contributed by atoms with van der Waals surface area (Å²) in [7, 11) is 1.44. The van der Waals surface area contributed by atoms with E-state index in [1.165, 1.54) is 53.2 Å². The Kier molecular flexibility index (Phi) is 12.6. The Morgan fingerprint density at radius 3 is 2.21 bits per heavy atom. The normalized spacial score (nSPS) is 32.6. The van der Waals surface area contributed by atoms with Gasteiger partial charge in [0.2, 0.25) is 0 Å². The number of phenolic OH excluding ortho intramolecular Hbond substituents is 3.